The van der Waals surface area contributed by atoms with E-state index >= 15 is 0 Å². The van der Waals surface area contributed by atoms with Crippen molar-refractivity contribution < 1.29 is 23.6 Å². The lowest BCUT2D eigenvalue weighted by molar-refractivity contribution is -0.136. The highest BCUT2D eigenvalue weighted by Gasteiger charge is 2.15. The molecule has 0 unspecified atom stereocenters. The zero-order chi connectivity index (χ0) is 25.4. The number of hydrogen-bond acceptors (Lipinski definition) is 6. The van der Waals surface area contributed by atoms with Crippen LogP contribution in [-0.2, 0) is 25.7 Å². The molecule has 0 saturated carbocycles. The van der Waals surface area contributed by atoms with E-state index in [9.17, 15) is 19.2 Å². The first-order valence-corrected chi connectivity index (χ1v) is 10.8. The quantitative estimate of drug-likeness (QED) is 0.226. The Bertz CT molecular complexity index is 1270. The minimum Gasteiger partial charge on any atom is -0.458 e. The van der Waals surface area contributed by atoms with Crippen LogP contribution in [0.4, 0.5) is 11.4 Å². The standard InChI is InChI=1S/C23H19Cl2N5O5/c1-13-2-4-16(5-3-13)28-22(33)23(34)30-27-12-19-7-6-18(35-19)11-26-20(31)21(32)29-17-9-14(24)8-15(25)10-17/h2-10,12H,11H2,1H3,(H,26,31)(H,28,33)(H,29,32)(H,30,34)/b27-12+. The fraction of sp³-hybridized carbons (Fsp3) is 0.0870. The number of nitrogens with one attached hydrogen (secondary N) is 4. The molecule has 0 aliphatic rings. The van der Waals surface area contributed by atoms with Gasteiger partial charge in [0.1, 0.15) is 11.5 Å². The maximum atomic E-state index is 12.0. The Hall–Kier alpha value is -4.15. The summed E-state index contributed by atoms with van der Waals surface area (Å²) >= 11 is 11.7. The number of furan rings is 1. The summed E-state index contributed by atoms with van der Waals surface area (Å²) in [5.41, 5.74) is 3.85. The number of hydrogen-bond donors (Lipinski definition) is 4. The summed E-state index contributed by atoms with van der Waals surface area (Å²) in [5, 5.41) is 11.5. The molecule has 0 spiro atoms. The molecule has 0 aliphatic heterocycles. The molecule has 4 amide bonds. The van der Waals surface area contributed by atoms with E-state index < -0.39 is 23.6 Å². The second kappa shape index (κ2) is 11.8. The van der Waals surface area contributed by atoms with Crippen molar-refractivity contribution in [1.29, 1.82) is 0 Å². The van der Waals surface area contributed by atoms with E-state index in [1.165, 1.54) is 30.5 Å². The Morgan fingerprint density at radius 3 is 2.14 bits per heavy atom. The second-order valence-corrected chi connectivity index (χ2v) is 7.99. The van der Waals surface area contributed by atoms with Crippen molar-refractivity contribution in [3.63, 3.8) is 0 Å². The number of anilines is 2. The Balaban J connectivity index is 1.44. The van der Waals surface area contributed by atoms with Crippen LogP contribution in [0.2, 0.25) is 10.0 Å². The highest BCUT2D eigenvalue weighted by molar-refractivity contribution is 6.40. The number of carbonyl (C=O) groups excluding carboxylic acids is 4. The van der Waals surface area contributed by atoms with Crippen molar-refractivity contribution in [2.24, 2.45) is 5.10 Å². The molecule has 180 valence electrons. The fourth-order valence-electron chi connectivity index (χ4n) is 2.65. The molecule has 0 atom stereocenters. The van der Waals surface area contributed by atoms with Crippen molar-refractivity contribution in [2.45, 2.75) is 13.5 Å². The van der Waals surface area contributed by atoms with Crippen molar-refractivity contribution in [3.8, 4) is 0 Å². The van der Waals surface area contributed by atoms with Gasteiger partial charge in [0.2, 0.25) is 0 Å². The van der Waals surface area contributed by atoms with Gasteiger partial charge in [0.05, 0.1) is 12.8 Å². The molecule has 3 rings (SSSR count). The molecule has 0 fully saturated rings. The Morgan fingerprint density at radius 1 is 0.829 bits per heavy atom. The van der Waals surface area contributed by atoms with E-state index in [0.717, 1.165) is 5.56 Å². The van der Waals surface area contributed by atoms with E-state index in [0.29, 0.717) is 21.5 Å². The van der Waals surface area contributed by atoms with E-state index in [4.69, 9.17) is 27.6 Å². The van der Waals surface area contributed by atoms with Gasteiger partial charge < -0.3 is 20.4 Å². The zero-order valence-corrected chi connectivity index (χ0v) is 19.7. The second-order valence-electron chi connectivity index (χ2n) is 7.12. The molecule has 3 aromatic rings. The number of rotatable bonds is 6. The van der Waals surface area contributed by atoms with Gasteiger partial charge in [-0.15, -0.1) is 0 Å². The van der Waals surface area contributed by atoms with Gasteiger partial charge in [-0.25, -0.2) is 5.43 Å². The SMILES string of the molecule is Cc1ccc(NC(=O)C(=O)N/N=C/c2ccc(CNC(=O)C(=O)Nc3cc(Cl)cc(Cl)c3)o2)cc1. The third kappa shape index (κ3) is 7.98. The minimum atomic E-state index is -0.965. The third-order valence-corrected chi connectivity index (χ3v) is 4.74. The summed E-state index contributed by atoms with van der Waals surface area (Å²) < 4.78 is 5.43. The number of carbonyl (C=O) groups is 4. The van der Waals surface area contributed by atoms with Gasteiger partial charge in [0, 0.05) is 21.4 Å². The Kier molecular flexibility index (Phi) is 8.60. The molecule has 10 nitrogen and oxygen atoms in total. The molecule has 1 aromatic heterocycles. The van der Waals surface area contributed by atoms with E-state index in [2.05, 4.69) is 26.5 Å². The van der Waals surface area contributed by atoms with Crippen LogP contribution in [0.5, 0.6) is 0 Å². The molecular weight excluding hydrogens is 497 g/mol. The van der Waals surface area contributed by atoms with Gasteiger partial charge in [-0.2, -0.15) is 5.10 Å². The van der Waals surface area contributed by atoms with Gasteiger partial charge in [0.15, 0.2) is 0 Å². The number of amides is 4. The first-order valence-electron chi connectivity index (χ1n) is 10.0. The van der Waals surface area contributed by atoms with Gasteiger partial charge in [0.25, 0.3) is 0 Å². The zero-order valence-electron chi connectivity index (χ0n) is 18.2. The number of hydrazone groups is 1. The lowest BCUT2D eigenvalue weighted by atomic mass is 10.2. The number of benzene rings is 2. The predicted octanol–water partition coefficient (Wildman–Crippen LogP) is 3.24. The molecule has 0 bridgehead atoms. The lowest BCUT2D eigenvalue weighted by Crippen LogP contribution is -2.34. The average molecular weight is 516 g/mol. The molecule has 1 heterocycles. The highest BCUT2D eigenvalue weighted by atomic mass is 35.5. The molecule has 0 radical (unpaired) electrons. The maximum absolute atomic E-state index is 12.0. The average Bonchev–Trinajstić information content (AvgIpc) is 3.25. The van der Waals surface area contributed by atoms with Crippen LogP contribution in [0.25, 0.3) is 0 Å². The van der Waals surface area contributed by atoms with Crippen LogP contribution in [0.15, 0.2) is 64.1 Å². The summed E-state index contributed by atoms with van der Waals surface area (Å²) in [5.74, 6) is -3.10. The molecule has 0 aliphatic carbocycles. The maximum Gasteiger partial charge on any atom is 0.329 e. The van der Waals surface area contributed by atoms with Crippen LogP contribution in [-0.4, -0.2) is 29.8 Å². The van der Waals surface area contributed by atoms with Gasteiger partial charge in [-0.3, -0.25) is 19.2 Å². The Labute approximate surface area is 209 Å². The van der Waals surface area contributed by atoms with Gasteiger partial charge in [-0.1, -0.05) is 40.9 Å². The van der Waals surface area contributed by atoms with Crippen molar-refractivity contribution >= 4 is 64.4 Å². The number of aryl methyl sites for hydroxylation is 1. The predicted molar refractivity (Wildman–Crippen MR) is 131 cm³/mol. The summed E-state index contributed by atoms with van der Waals surface area (Å²) in [6, 6.07) is 14.4. The molecule has 35 heavy (non-hydrogen) atoms. The third-order valence-electron chi connectivity index (χ3n) is 4.31. The van der Waals surface area contributed by atoms with Crippen molar-refractivity contribution in [3.05, 3.63) is 81.7 Å². The Morgan fingerprint density at radius 2 is 1.46 bits per heavy atom. The summed E-state index contributed by atoms with van der Waals surface area (Å²) in [6.45, 7) is 1.82. The lowest BCUT2D eigenvalue weighted by Gasteiger charge is -2.06. The molecule has 2 aromatic carbocycles. The normalized spacial score (nSPS) is 10.6. The molecular formula is C23H19Cl2N5O5. The van der Waals surface area contributed by atoms with E-state index in [-0.39, 0.29) is 18.0 Å². The van der Waals surface area contributed by atoms with E-state index in [1.54, 1.807) is 30.3 Å². The fourth-order valence-corrected chi connectivity index (χ4v) is 3.18. The van der Waals surface area contributed by atoms with Gasteiger partial charge >= 0.3 is 23.6 Å². The molecule has 12 heteroatoms. The monoisotopic (exact) mass is 515 g/mol. The van der Waals surface area contributed by atoms with Crippen molar-refractivity contribution in [1.82, 2.24) is 10.7 Å². The number of nitrogens with zero attached hydrogens (tertiary/aromatic N) is 1. The van der Waals surface area contributed by atoms with E-state index in [1.807, 2.05) is 6.92 Å². The largest absolute Gasteiger partial charge is 0.458 e. The smallest absolute Gasteiger partial charge is 0.329 e. The molecule has 4 N–H and O–H groups in total. The minimum absolute atomic E-state index is 0.0816. The highest BCUT2D eigenvalue weighted by Crippen LogP contribution is 2.22. The van der Waals surface area contributed by atoms with Crippen molar-refractivity contribution in [2.75, 3.05) is 10.6 Å². The topological polar surface area (TPSA) is 142 Å². The summed E-state index contributed by atoms with van der Waals surface area (Å²) in [7, 11) is 0. The first kappa shape index (κ1) is 25.5. The van der Waals surface area contributed by atoms with Crippen LogP contribution < -0.4 is 21.4 Å². The van der Waals surface area contributed by atoms with Crippen LogP contribution in [0.3, 0.4) is 0 Å². The van der Waals surface area contributed by atoms with Crippen LogP contribution in [0, 0.1) is 6.92 Å². The van der Waals surface area contributed by atoms with Crippen LogP contribution in [0.1, 0.15) is 17.1 Å². The number of halogens is 2. The molecule has 0 saturated heterocycles. The summed E-state index contributed by atoms with van der Waals surface area (Å²) in [6.07, 6.45) is 1.18. The first-order chi connectivity index (χ1) is 16.7. The van der Waals surface area contributed by atoms with Gasteiger partial charge in [-0.05, 0) is 49.4 Å². The summed E-state index contributed by atoms with van der Waals surface area (Å²) in [4.78, 5) is 47.8. The van der Waals surface area contributed by atoms with Crippen LogP contribution >= 0.6 is 23.2 Å².